The van der Waals surface area contributed by atoms with Crippen LogP contribution in [0.15, 0.2) is 23.4 Å². The third kappa shape index (κ3) is 4.11. The maximum Gasteiger partial charge on any atom is 0.261 e. The topological polar surface area (TPSA) is 128 Å². The molecule has 12 heteroatoms. The van der Waals surface area contributed by atoms with Crippen molar-refractivity contribution in [3.8, 4) is 11.5 Å². The Hall–Kier alpha value is -3.28. The number of amides is 1. The molecular weight excluding hydrogens is 396 g/mol. The Morgan fingerprint density at radius 3 is 2.79 bits per heavy atom. The first-order valence-electron chi connectivity index (χ1n) is 9.11. The molecule has 0 radical (unpaired) electrons. The van der Waals surface area contributed by atoms with E-state index in [4.69, 9.17) is 9.47 Å². The van der Waals surface area contributed by atoms with Gasteiger partial charge >= 0.3 is 0 Å². The van der Waals surface area contributed by atoms with Gasteiger partial charge in [0.15, 0.2) is 16.7 Å². The minimum absolute atomic E-state index is 0.149. The third-order valence-electron chi connectivity index (χ3n) is 3.90. The highest BCUT2D eigenvalue weighted by molar-refractivity contribution is 7.99. The Morgan fingerprint density at radius 1 is 1.14 bits per heavy atom. The van der Waals surface area contributed by atoms with Crippen LogP contribution in [-0.2, 0) is 4.79 Å². The van der Waals surface area contributed by atoms with Crippen LogP contribution in [0, 0.1) is 0 Å². The molecule has 0 bridgehead atoms. The van der Waals surface area contributed by atoms with Gasteiger partial charge in [-0.1, -0.05) is 11.8 Å². The summed E-state index contributed by atoms with van der Waals surface area (Å²) in [7, 11) is 0. The van der Waals surface area contributed by atoms with E-state index in [9.17, 15) is 4.79 Å². The van der Waals surface area contributed by atoms with Gasteiger partial charge in [0, 0.05) is 24.8 Å². The second-order valence-electron chi connectivity index (χ2n) is 5.95. The summed E-state index contributed by atoms with van der Waals surface area (Å²) >= 11 is 1.25. The lowest BCUT2D eigenvalue weighted by Crippen LogP contribution is -2.15. The van der Waals surface area contributed by atoms with Crippen molar-refractivity contribution in [1.82, 2.24) is 24.6 Å². The summed E-state index contributed by atoms with van der Waals surface area (Å²) in [6, 6.07) is 5.26. The predicted molar refractivity (Wildman–Crippen MR) is 109 cm³/mol. The van der Waals surface area contributed by atoms with Gasteiger partial charge in [-0.05, 0) is 26.0 Å². The Morgan fingerprint density at radius 2 is 1.97 bits per heavy atom. The lowest BCUT2D eigenvalue weighted by molar-refractivity contribution is -0.113. The van der Waals surface area contributed by atoms with E-state index in [-0.39, 0.29) is 18.5 Å². The van der Waals surface area contributed by atoms with Crippen LogP contribution in [0.5, 0.6) is 11.5 Å². The minimum Gasteiger partial charge on any atom is -0.454 e. The summed E-state index contributed by atoms with van der Waals surface area (Å²) < 4.78 is 12.3. The number of ether oxygens (including phenoxy) is 2. The number of rotatable bonds is 8. The Kier molecular flexibility index (Phi) is 5.51. The number of hydrogen-bond acceptors (Lipinski definition) is 10. The van der Waals surface area contributed by atoms with Crippen LogP contribution < -0.4 is 25.4 Å². The summed E-state index contributed by atoms with van der Waals surface area (Å²) in [5.74, 6) is 2.70. The minimum atomic E-state index is -0.180. The fraction of sp³-hybridized carbons (Fsp3) is 0.353. The van der Waals surface area contributed by atoms with Crippen LogP contribution in [-0.4, -0.2) is 56.1 Å². The van der Waals surface area contributed by atoms with Gasteiger partial charge in [0.05, 0.1) is 5.75 Å². The predicted octanol–water partition coefficient (Wildman–Crippen LogP) is 1.84. The van der Waals surface area contributed by atoms with E-state index in [0.29, 0.717) is 53.1 Å². The number of aromatic nitrogens is 5. The Balaban J connectivity index is 1.47. The SMILES string of the molecule is CCNc1nc(NCC)n2c(SCC(=O)Nc3ccc4c(c3)OCO4)nnc2n1. The molecular formula is C17H20N8O3S. The number of hydrogen-bond donors (Lipinski definition) is 3. The van der Waals surface area contributed by atoms with E-state index in [1.807, 2.05) is 13.8 Å². The molecule has 1 aromatic carbocycles. The van der Waals surface area contributed by atoms with Gasteiger partial charge in [-0.25, -0.2) is 4.40 Å². The van der Waals surface area contributed by atoms with Crippen molar-refractivity contribution < 1.29 is 14.3 Å². The molecule has 29 heavy (non-hydrogen) atoms. The summed E-state index contributed by atoms with van der Waals surface area (Å²) in [5, 5.41) is 17.9. The normalized spacial score (nSPS) is 12.2. The van der Waals surface area contributed by atoms with Crippen LogP contribution in [0.1, 0.15) is 13.8 Å². The van der Waals surface area contributed by atoms with E-state index in [1.165, 1.54) is 11.8 Å². The maximum absolute atomic E-state index is 12.4. The number of thioether (sulfide) groups is 1. The van der Waals surface area contributed by atoms with E-state index in [1.54, 1.807) is 22.6 Å². The van der Waals surface area contributed by atoms with Gasteiger partial charge < -0.3 is 25.4 Å². The molecule has 1 amide bonds. The fourth-order valence-electron chi connectivity index (χ4n) is 2.70. The zero-order chi connectivity index (χ0) is 20.2. The first kappa shape index (κ1) is 19.1. The van der Waals surface area contributed by atoms with E-state index < -0.39 is 0 Å². The highest BCUT2D eigenvalue weighted by Crippen LogP contribution is 2.34. The van der Waals surface area contributed by atoms with Gasteiger partial charge in [0.1, 0.15) is 0 Å². The van der Waals surface area contributed by atoms with Crippen molar-refractivity contribution >= 4 is 41.0 Å². The van der Waals surface area contributed by atoms with Gasteiger partial charge in [-0.3, -0.25) is 4.79 Å². The highest BCUT2D eigenvalue weighted by Gasteiger charge is 2.17. The molecule has 0 spiro atoms. The molecule has 0 fully saturated rings. The highest BCUT2D eigenvalue weighted by atomic mass is 32.2. The summed E-state index contributed by atoms with van der Waals surface area (Å²) in [6.45, 7) is 5.48. The Bertz CT molecular complexity index is 1040. The third-order valence-corrected chi connectivity index (χ3v) is 4.83. The molecule has 0 atom stereocenters. The molecule has 0 unspecified atom stereocenters. The van der Waals surface area contributed by atoms with E-state index in [2.05, 4.69) is 36.1 Å². The molecule has 4 rings (SSSR count). The first-order chi connectivity index (χ1) is 14.2. The average molecular weight is 416 g/mol. The molecule has 2 aromatic heterocycles. The molecule has 1 aliphatic heterocycles. The van der Waals surface area contributed by atoms with Gasteiger partial charge in [0.25, 0.3) is 5.78 Å². The monoisotopic (exact) mass is 416 g/mol. The zero-order valence-corrected chi connectivity index (χ0v) is 16.7. The maximum atomic E-state index is 12.4. The van der Waals surface area contributed by atoms with Crippen LogP contribution in [0.2, 0.25) is 0 Å². The second kappa shape index (κ2) is 8.39. The van der Waals surface area contributed by atoms with Gasteiger partial charge in [0.2, 0.25) is 24.6 Å². The van der Waals surface area contributed by atoms with Crippen molar-refractivity contribution in [3.63, 3.8) is 0 Å². The zero-order valence-electron chi connectivity index (χ0n) is 15.9. The van der Waals surface area contributed by atoms with E-state index in [0.717, 1.165) is 0 Å². The molecule has 0 saturated heterocycles. The standard InChI is InChI=1S/C17H20N8O3S/c1-3-18-14-21-15(19-4-2)25-16(22-14)23-24-17(25)29-8-13(26)20-10-5-6-11-12(7-10)28-9-27-11/h5-7H,3-4,8-9H2,1-2H3,(H,20,26)(H2,18,19,21,22,23). The first-order valence-corrected chi connectivity index (χ1v) is 10.1. The molecule has 152 valence electrons. The molecule has 3 N–H and O–H groups in total. The van der Waals surface area contributed by atoms with Gasteiger partial charge in [-0.2, -0.15) is 9.97 Å². The van der Waals surface area contributed by atoms with Crippen LogP contribution in [0.3, 0.4) is 0 Å². The van der Waals surface area contributed by atoms with Crippen LogP contribution in [0.25, 0.3) is 5.78 Å². The van der Waals surface area contributed by atoms with Crippen molar-refractivity contribution in [1.29, 1.82) is 0 Å². The molecule has 11 nitrogen and oxygen atoms in total. The number of fused-ring (bicyclic) bond motifs is 2. The number of benzene rings is 1. The summed E-state index contributed by atoms with van der Waals surface area (Å²) in [5.41, 5.74) is 0.637. The van der Waals surface area contributed by atoms with Crippen molar-refractivity contribution in [2.75, 3.05) is 41.6 Å². The summed E-state index contributed by atoms with van der Waals surface area (Å²) in [4.78, 5) is 21.2. The largest absolute Gasteiger partial charge is 0.454 e. The molecule has 0 saturated carbocycles. The molecule has 1 aliphatic rings. The smallest absolute Gasteiger partial charge is 0.261 e. The lowest BCUT2D eigenvalue weighted by atomic mass is 10.3. The van der Waals surface area contributed by atoms with E-state index >= 15 is 0 Å². The molecule has 3 heterocycles. The van der Waals surface area contributed by atoms with Crippen molar-refractivity contribution in [2.45, 2.75) is 19.0 Å². The van der Waals surface area contributed by atoms with Crippen LogP contribution in [0.4, 0.5) is 17.6 Å². The number of nitrogens with one attached hydrogen (secondary N) is 3. The van der Waals surface area contributed by atoms with Crippen molar-refractivity contribution in [3.05, 3.63) is 18.2 Å². The average Bonchev–Trinajstić information content (AvgIpc) is 3.33. The molecule has 0 aliphatic carbocycles. The fourth-order valence-corrected chi connectivity index (χ4v) is 3.43. The second-order valence-corrected chi connectivity index (χ2v) is 6.90. The van der Waals surface area contributed by atoms with Gasteiger partial charge in [-0.15, -0.1) is 10.2 Å². The number of anilines is 3. The summed E-state index contributed by atoms with van der Waals surface area (Å²) in [6.07, 6.45) is 0. The Labute approximate surface area is 170 Å². The van der Waals surface area contributed by atoms with Crippen LogP contribution >= 0.6 is 11.8 Å². The number of nitrogens with zero attached hydrogens (tertiary/aromatic N) is 5. The van der Waals surface area contributed by atoms with Crippen molar-refractivity contribution in [2.24, 2.45) is 0 Å². The quantitative estimate of drug-likeness (QED) is 0.468. The number of carbonyl (C=O) groups is 1. The molecule has 3 aromatic rings. The number of carbonyl (C=O) groups excluding carboxylic acids is 1. The lowest BCUT2D eigenvalue weighted by Gasteiger charge is -2.09.